The summed E-state index contributed by atoms with van der Waals surface area (Å²) >= 11 is 0. The maximum absolute atomic E-state index is 10.4. The molecule has 1 unspecified atom stereocenters. The van der Waals surface area contributed by atoms with Crippen molar-refractivity contribution in [2.75, 3.05) is 47.1 Å². The fourth-order valence-corrected chi connectivity index (χ4v) is 2.13. The molecule has 0 amide bonds. The van der Waals surface area contributed by atoms with Crippen LogP contribution in [0.3, 0.4) is 0 Å². The highest BCUT2D eigenvalue weighted by Crippen LogP contribution is 2.30. The molecule has 0 radical (unpaired) electrons. The zero-order valence-corrected chi connectivity index (χ0v) is 13.5. The van der Waals surface area contributed by atoms with Gasteiger partial charge in [-0.1, -0.05) is 13.0 Å². The number of rotatable bonds is 10. The molecule has 0 bridgehead atoms. The van der Waals surface area contributed by atoms with Gasteiger partial charge in [0.2, 0.25) is 0 Å². The van der Waals surface area contributed by atoms with Gasteiger partial charge in [0.25, 0.3) is 0 Å². The molecule has 1 N–H and O–H groups in total. The molecule has 5 heteroatoms. The first-order chi connectivity index (χ1) is 10.2. The van der Waals surface area contributed by atoms with Gasteiger partial charge in [-0.2, -0.15) is 0 Å². The third kappa shape index (κ3) is 5.53. The van der Waals surface area contributed by atoms with Crippen LogP contribution in [0.5, 0.6) is 11.5 Å². The topological polar surface area (TPSA) is 51.2 Å². The SMILES string of the molecule is CCOCCN(CC)CC(O)c1ccc(OC)c(OC)c1. The Labute approximate surface area is 127 Å². The van der Waals surface area contributed by atoms with Gasteiger partial charge in [-0.25, -0.2) is 0 Å². The molecule has 0 fully saturated rings. The molecular formula is C16H27NO4. The number of methoxy groups -OCH3 is 2. The summed E-state index contributed by atoms with van der Waals surface area (Å²) in [5.41, 5.74) is 0.822. The third-order valence-electron chi connectivity index (χ3n) is 3.43. The summed E-state index contributed by atoms with van der Waals surface area (Å²) < 4.78 is 15.8. The van der Waals surface area contributed by atoms with E-state index < -0.39 is 6.10 Å². The van der Waals surface area contributed by atoms with Crippen molar-refractivity contribution < 1.29 is 19.3 Å². The number of benzene rings is 1. The smallest absolute Gasteiger partial charge is 0.161 e. The van der Waals surface area contributed by atoms with Crippen molar-refractivity contribution in [2.24, 2.45) is 0 Å². The lowest BCUT2D eigenvalue weighted by Gasteiger charge is -2.24. The largest absolute Gasteiger partial charge is 0.493 e. The number of likely N-dealkylation sites (N-methyl/N-ethyl adjacent to an activating group) is 1. The number of nitrogens with zero attached hydrogens (tertiary/aromatic N) is 1. The summed E-state index contributed by atoms with van der Waals surface area (Å²) in [5.74, 6) is 1.29. The molecule has 1 aromatic rings. The summed E-state index contributed by atoms with van der Waals surface area (Å²) in [6.07, 6.45) is -0.564. The van der Waals surface area contributed by atoms with Crippen LogP contribution in [0.25, 0.3) is 0 Å². The third-order valence-corrected chi connectivity index (χ3v) is 3.43. The van der Waals surface area contributed by atoms with Crippen LogP contribution in [-0.4, -0.2) is 57.1 Å². The van der Waals surface area contributed by atoms with Crippen molar-refractivity contribution in [3.05, 3.63) is 23.8 Å². The molecule has 1 aromatic carbocycles. The van der Waals surface area contributed by atoms with Crippen LogP contribution in [0.2, 0.25) is 0 Å². The Morgan fingerprint density at radius 2 is 1.86 bits per heavy atom. The number of hydrogen-bond donors (Lipinski definition) is 1. The van der Waals surface area contributed by atoms with E-state index in [9.17, 15) is 5.11 Å². The van der Waals surface area contributed by atoms with E-state index >= 15 is 0 Å². The van der Waals surface area contributed by atoms with Gasteiger partial charge in [0, 0.05) is 19.7 Å². The van der Waals surface area contributed by atoms with Gasteiger partial charge < -0.3 is 19.3 Å². The van der Waals surface area contributed by atoms with E-state index in [1.807, 2.05) is 25.1 Å². The lowest BCUT2D eigenvalue weighted by molar-refractivity contribution is 0.0791. The Morgan fingerprint density at radius 1 is 1.14 bits per heavy atom. The molecule has 120 valence electrons. The molecule has 0 spiro atoms. The summed E-state index contributed by atoms with van der Waals surface area (Å²) in [7, 11) is 3.19. The molecule has 1 rings (SSSR count). The standard InChI is InChI=1S/C16H27NO4/c1-5-17(9-10-21-6-2)12-14(18)13-7-8-15(19-3)16(11-13)20-4/h7-8,11,14,18H,5-6,9-10,12H2,1-4H3. The molecule has 1 atom stereocenters. The Balaban J connectivity index is 2.66. The van der Waals surface area contributed by atoms with Gasteiger partial charge in [0.15, 0.2) is 11.5 Å². The van der Waals surface area contributed by atoms with Crippen LogP contribution in [0, 0.1) is 0 Å². The van der Waals surface area contributed by atoms with Crippen LogP contribution in [0.1, 0.15) is 25.5 Å². The van der Waals surface area contributed by atoms with E-state index in [2.05, 4.69) is 11.8 Å². The predicted molar refractivity (Wildman–Crippen MR) is 83.1 cm³/mol. The molecule has 0 aliphatic heterocycles. The fourth-order valence-electron chi connectivity index (χ4n) is 2.13. The van der Waals surface area contributed by atoms with E-state index in [-0.39, 0.29) is 0 Å². The summed E-state index contributed by atoms with van der Waals surface area (Å²) in [5, 5.41) is 10.4. The van der Waals surface area contributed by atoms with Crippen molar-refractivity contribution in [1.82, 2.24) is 4.90 Å². The number of hydrogen-bond acceptors (Lipinski definition) is 5. The molecule has 0 aliphatic carbocycles. The highest BCUT2D eigenvalue weighted by atomic mass is 16.5. The lowest BCUT2D eigenvalue weighted by atomic mass is 10.1. The van der Waals surface area contributed by atoms with Crippen LogP contribution >= 0.6 is 0 Å². The van der Waals surface area contributed by atoms with Gasteiger partial charge in [0.05, 0.1) is 26.9 Å². The highest BCUT2D eigenvalue weighted by molar-refractivity contribution is 5.43. The maximum atomic E-state index is 10.4. The number of aliphatic hydroxyl groups excluding tert-OH is 1. The molecule has 21 heavy (non-hydrogen) atoms. The predicted octanol–water partition coefficient (Wildman–Crippen LogP) is 2.10. The first-order valence-corrected chi connectivity index (χ1v) is 7.36. The van der Waals surface area contributed by atoms with Crippen molar-refractivity contribution >= 4 is 0 Å². The van der Waals surface area contributed by atoms with Crippen LogP contribution in [0.15, 0.2) is 18.2 Å². The maximum Gasteiger partial charge on any atom is 0.161 e. The second-order valence-corrected chi connectivity index (χ2v) is 4.72. The zero-order chi connectivity index (χ0) is 15.7. The fraction of sp³-hybridized carbons (Fsp3) is 0.625. The Hall–Kier alpha value is -1.30. The average molecular weight is 297 g/mol. The second-order valence-electron chi connectivity index (χ2n) is 4.72. The minimum atomic E-state index is -0.564. The minimum Gasteiger partial charge on any atom is -0.493 e. The Morgan fingerprint density at radius 3 is 2.43 bits per heavy atom. The summed E-state index contributed by atoms with van der Waals surface area (Å²) in [4.78, 5) is 2.16. The van der Waals surface area contributed by atoms with Gasteiger partial charge >= 0.3 is 0 Å². The van der Waals surface area contributed by atoms with E-state index in [1.165, 1.54) is 0 Å². The number of ether oxygens (including phenoxy) is 3. The van der Waals surface area contributed by atoms with E-state index in [0.717, 1.165) is 25.3 Å². The van der Waals surface area contributed by atoms with E-state index in [4.69, 9.17) is 14.2 Å². The molecule has 0 aliphatic rings. The Kier molecular flexibility index (Phi) is 8.12. The highest BCUT2D eigenvalue weighted by Gasteiger charge is 2.15. The monoisotopic (exact) mass is 297 g/mol. The van der Waals surface area contributed by atoms with Gasteiger partial charge in [0.1, 0.15) is 0 Å². The van der Waals surface area contributed by atoms with Crippen molar-refractivity contribution in [3.8, 4) is 11.5 Å². The first kappa shape index (κ1) is 17.8. The van der Waals surface area contributed by atoms with Gasteiger partial charge in [-0.05, 0) is 31.2 Å². The molecule has 0 saturated carbocycles. The molecule has 5 nitrogen and oxygen atoms in total. The van der Waals surface area contributed by atoms with Crippen LogP contribution < -0.4 is 9.47 Å². The molecule has 0 saturated heterocycles. The quantitative estimate of drug-likeness (QED) is 0.670. The van der Waals surface area contributed by atoms with E-state index in [1.54, 1.807) is 14.2 Å². The number of aliphatic hydroxyl groups is 1. The summed E-state index contributed by atoms with van der Waals surface area (Å²) in [6.45, 7) is 7.71. The minimum absolute atomic E-state index is 0.564. The van der Waals surface area contributed by atoms with E-state index in [0.29, 0.717) is 24.7 Å². The molecular weight excluding hydrogens is 270 g/mol. The van der Waals surface area contributed by atoms with Crippen LogP contribution in [-0.2, 0) is 4.74 Å². The molecule has 0 heterocycles. The average Bonchev–Trinajstić information content (AvgIpc) is 2.53. The lowest BCUT2D eigenvalue weighted by Crippen LogP contribution is -2.31. The second kappa shape index (κ2) is 9.60. The molecule has 0 aromatic heterocycles. The van der Waals surface area contributed by atoms with Crippen molar-refractivity contribution in [3.63, 3.8) is 0 Å². The Bertz CT molecular complexity index is 411. The van der Waals surface area contributed by atoms with Gasteiger partial charge in [-0.15, -0.1) is 0 Å². The van der Waals surface area contributed by atoms with Gasteiger partial charge in [-0.3, -0.25) is 4.90 Å². The first-order valence-electron chi connectivity index (χ1n) is 7.36. The van der Waals surface area contributed by atoms with Crippen molar-refractivity contribution in [1.29, 1.82) is 0 Å². The summed E-state index contributed by atoms with van der Waals surface area (Å²) in [6, 6.07) is 5.50. The normalized spacial score (nSPS) is 12.5. The van der Waals surface area contributed by atoms with Crippen LogP contribution in [0.4, 0.5) is 0 Å². The van der Waals surface area contributed by atoms with Crippen molar-refractivity contribution in [2.45, 2.75) is 20.0 Å². The zero-order valence-electron chi connectivity index (χ0n) is 13.5.